The topological polar surface area (TPSA) is 12.9 Å². The van der Waals surface area contributed by atoms with E-state index in [9.17, 15) is 0 Å². The number of aromatic nitrogens is 1. The minimum atomic E-state index is 1.19. The van der Waals surface area contributed by atoms with Gasteiger partial charge in [-0.1, -0.05) is 12.1 Å². The van der Waals surface area contributed by atoms with Crippen LogP contribution in [0.2, 0.25) is 0 Å². The van der Waals surface area contributed by atoms with Gasteiger partial charge in [0.25, 0.3) is 0 Å². The average molecular weight is 210 g/mol. The molecule has 0 bridgehead atoms. The largest absolute Gasteiger partial charge is 0.265 e. The summed E-state index contributed by atoms with van der Waals surface area (Å²) in [5, 5.41) is 3.29. The first kappa shape index (κ1) is 8.62. The minimum absolute atomic E-state index is 1.19. The van der Waals surface area contributed by atoms with Crippen molar-refractivity contribution in [2.24, 2.45) is 0 Å². The lowest BCUT2D eigenvalue weighted by molar-refractivity contribution is 1.33. The Kier molecular flexibility index (Phi) is 2.00. The van der Waals surface area contributed by atoms with Gasteiger partial charge in [-0.2, -0.15) is 0 Å². The fourth-order valence-corrected chi connectivity index (χ4v) is 2.59. The SMILES string of the molecule is [c]1ccc(-c2ccncc2)c2sccc12. The van der Waals surface area contributed by atoms with Crippen molar-refractivity contribution in [3.8, 4) is 11.1 Å². The van der Waals surface area contributed by atoms with Crippen LogP contribution >= 0.6 is 11.3 Å². The number of rotatable bonds is 1. The summed E-state index contributed by atoms with van der Waals surface area (Å²) in [4.78, 5) is 4.03. The van der Waals surface area contributed by atoms with Crippen molar-refractivity contribution in [3.63, 3.8) is 0 Å². The molecule has 2 heteroatoms. The van der Waals surface area contributed by atoms with Crippen LogP contribution in [0, 0.1) is 6.07 Å². The highest BCUT2D eigenvalue weighted by Gasteiger charge is 2.03. The zero-order chi connectivity index (χ0) is 10.1. The van der Waals surface area contributed by atoms with Crippen molar-refractivity contribution in [1.29, 1.82) is 0 Å². The number of fused-ring (bicyclic) bond motifs is 1. The molecule has 0 aliphatic carbocycles. The highest BCUT2D eigenvalue weighted by molar-refractivity contribution is 7.17. The Morgan fingerprint density at radius 1 is 1.07 bits per heavy atom. The third-order valence-electron chi connectivity index (χ3n) is 2.39. The second-order valence-corrected chi connectivity index (χ2v) is 4.21. The highest BCUT2D eigenvalue weighted by Crippen LogP contribution is 2.31. The molecule has 2 aromatic heterocycles. The molecular formula is C13H8NS. The molecule has 15 heavy (non-hydrogen) atoms. The van der Waals surface area contributed by atoms with Crippen LogP contribution in [0.25, 0.3) is 21.2 Å². The molecule has 3 rings (SSSR count). The maximum Gasteiger partial charge on any atom is 0.0427 e. The molecule has 1 aromatic carbocycles. The summed E-state index contributed by atoms with van der Waals surface area (Å²) in [6, 6.07) is 13.5. The van der Waals surface area contributed by atoms with E-state index in [2.05, 4.69) is 28.6 Å². The molecule has 0 fully saturated rings. The van der Waals surface area contributed by atoms with Gasteiger partial charge < -0.3 is 0 Å². The predicted molar refractivity (Wildman–Crippen MR) is 63.9 cm³/mol. The van der Waals surface area contributed by atoms with Crippen molar-refractivity contribution >= 4 is 21.4 Å². The normalized spacial score (nSPS) is 10.7. The number of hydrogen-bond acceptors (Lipinski definition) is 2. The molecule has 1 radical (unpaired) electrons. The molecule has 0 unspecified atom stereocenters. The molecule has 0 saturated carbocycles. The maximum absolute atomic E-state index is 4.03. The number of thiophene rings is 1. The van der Waals surface area contributed by atoms with Crippen LogP contribution in [0.3, 0.4) is 0 Å². The second kappa shape index (κ2) is 3.48. The van der Waals surface area contributed by atoms with Gasteiger partial charge in [0.2, 0.25) is 0 Å². The second-order valence-electron chi connectivity index (χ2n) is 3.29. The quantitative estimate of drug-likeness (QED) is 0.596. The summed E-state index contributed by atoms with van der Waals surface area (Å²) >= 11 is 1.76. The minimum Gasteiger partial charge on any atom is -0.265 e. The van der Waals surface area contributed by atoms with Crippen LogP contribution in [0.1, 0.15) is 0 Å². The first-order valence-corrected chi connectivity index (χ1v) is 5.61. The fraction of sp³-hybridized carbons (Fsp3) is 0. The molecule has 1 nitrogen and oxygen atoms in total. The van der Waals surface area contributed by atoms with E-state index in [0.29, 0.717) is 0 Å². The van der Waals surface area contributed by atoms with E-state index in [1.54, 1.807) is 11.3 Å². The van der Waals surface area contributed by atoms with E-state index in [4.69, 9.17) is 0 Å². The van der Waals surface area contributed by atoms with Gasteiger partial charge in [-0.3, -0.25) is 4.98 Å². The lowest BCUT2D eigenvalue weighted by Crippen LogP contribution is -1.78. The van der Waals surface area contributed by atoms with Crippen LogP contribution in [0.5, 0.6) is 0 Å². The van der Waals surface area contributed by atoms with E-state index in [-0.39, 0.29) is 0 Å². The fourth-order valence-electron chi connectivity index (χ4n) is 1.68. The Morgan fingerprint density at radius 3 is 2.80 bits per heavy atom. The molecule has 0 amide bonds. The van der Waals surface area contributed by atoms with Gasteiger partial charge in [-0.05, 0) is 40.8 Å². The summed E-state index contributed by atoms with van der Waals surface area (Å²) in [6.45, 7) is 0. The summed E-state index contributed by atoms with van der Waals surface area (Å²) in [6.07, 6.45) is 3.65. The lowest BCUT2D eigenvalue weighted by Gasteiger charge is -2.01. The monoisotopic (exact) mass is 210 g/mol. The smallest absolute Gasteiger partial charge is 0.0427 e. The lowest BCUT2D eigenvalue weighted by atomic mass is 10.1. The van der Waals surface area contributed by atoms with Gasteiger partial charge in [0.05, 0.1) is 0 Å². The van der Waals surface area contributed by atoms with Gasteiger partial charge >= 0.3 is 0 Å². The first-order valence-electron chi connectivity index (χ1n) is 4.73. The van der Waals surface area contributed by atoms with Gasteiger partial charge in [-0.15, -0.1) is 11.3 Å². The summed E-state index contributed by atoms with van der Waals surface area (Å²) in [7, 11) is 0. The predicted octanol–water partition coefficient (Wildman–Crippen LogP) is 3.76. The van der Waals surface area contributed by atoms with Gasteiger partial charge in [0.1, 0.15) is 0 Å². The summed E-state index contributed by atoms with van der Waals surface area (Å²) in [5.74, 6) is 0. The van der Waals surface area contributed by atoms with Crippen LogP contribution < -0.4 is 0 Å². The molecule has 0 saturated heterocycles. The van der Waals surface area contributed by atoms with Crippen LogP contribution in [0.4, 0.5) is 0 Å². The van der Waals surface area contributed by atoms with Crippen LogP contribution in [-0.4, -0.2) is 4.98 Å². The molecule has 0 aliphatic rings. The number of benzene rings is 1. The first-order chi connectivity index (χ1) is 7.45. The maximum atomic E-state index is 4.03. The molecule has 0 aliphatic heterocycles. The van der Waals surface area contributed by atoms with Crippen molar-refractivity contribution in [1.82, 2.24) is 4.98 Å². The molecule has 2 heterocycles. The third-order valence-corrected chi connectivity index (χ3v) is 3.34. The van der Waals surface area contributed by atoms with Crippen molar-refractivity contribution in [2.75, 3.05) is 0 Å². The molecule has 0 N–H and O–H groups in total. The van der Waals surface area contributed by atoms with Crippen molar-refractivity contribution < 1.29 is 0 Å². The van der Waals surface area contributed by atoms with E-state index < -0.39 is 0 Å². The Labute approximate surface area is 92.0 Å². The summed E-state index contributed by atoms with van der Waals surface area (Å²) < 4.78 is 1.30. The summed E-state index contributed by atoms with van der Waals surface area (Å²) in [5.41, 5.74) is 2.48. The van der Waals surface area contributed by atoms with Crippen molar-refractivity contribution in [3.05, 3.63) is 54.2 Å². The zero-order valence-corrected chi connectivity index (χ0v) is 8.79. The van der Waals surface area contributed by atoms with E-state index in [0.717, 1.165) is 0 Å². The Hall–Kier alpha value is -1.67. The zero-order valence-electron chi connectivity index (χ0n) is 7.97. The van der Waals surface area contributed by atoms with Gasteiger partial charge in [0.15, 0.2) is 0 Å². The number of pyridine rings is 1. The van der Waals surface area contributed by atoms with Gasteiger partial charge in [-0.25, -0.2) is 0 Å². The van der Waals surface area contributed by atoms with E-state index >= 15 is 0 Å². The number of nitrogens with zero attached hydrogens (tertiary/aromatic N) is 1. The van der Waals surface area contributed by atoms with Crippen molar-refractivity contribution in [2.45, 2.75) is 0 Å². The highest BCUT2D eigenvalue weighted by atomic mass is 32.1. The third kappa shape index (κ3) is 1.43. The molecule has 3 aromatic rings. The number of hydrogen-bond donors (Lipinski definition) is 0. The van der Waals surface area contributed by atoms with E-state index in [1.165, 1.54) is 21.2 Å². The molecular weight excluding hydrogens is 202 g/mol. The standard InChI is InChI=1S/C13H8NS/c1-2-11-6-9-15-13(11)12(3-1)10-4-7-14-8-5-10/h1,3-9H. The average Bonchev–Trinajstić information content (AvgIpc) is 2.78. The Balaban J connectivity index is 2.31. The van der Waals surface area contributed by atoms with E-state index in [1.807, 2.05) is 30.6 Å². The molecule has 0 atom stereocenters. The molecule has 0 spiro atoms. The Bertz CT molecular complexity index is 584. The molecule has 71 valence electrons. The van der Waals surface area contributed by atoms with Crippen LogP contribution in [0.15, 0.2) is 48.1 Å². The Morgan fingerprint density at radius 2 is 1.93 bits per heavy atom. The van der Waals surface area contributed by atoms with Gasteiger partial charge in [0, 0.05) is 22.5 Å². The van der Waals surface area contributed by atoms with Crippen LogP contribution in [-0.2, 0) is 0 Å².